The number of hydroxylamine groups is 1. The minimum atomic E-state index is -0.317. The summed E-state index contributed by atoms with van der Waals surface area (Å²) in [5.74, 6) is 2.39. The van der Waals surface area contributed by atoms with Crippen molar-refractivity contribution in [3.05, 3.63) is 23.9 Å². The molecule has 92 valence electrons. The summed E-state index contributed by atoms with van der Waals surface area (Å²) >= 11 is 1.88. The molecule has 17 heavy (non-hydrogen) atoms. The van der Waals surface area contributed by atoms with E-state index in [0.717, 1.165) is 17.9 Å². The summed E-state index contributed by atoms with van der Waals surface area (Å²) in [6.07, 6.45) is 2.77. The molecule has 1 N–H and O–H groups in total. The van der Waals surface area contributed by atoms with Crippen molar-refractivity contribution in [2.45, 2.75) is 12.5 Å². The van der Waals surface area contributed by atoms with Gasteiger partial charge in [0, 0.05) is 18.0 Å². The van der Waals surface area contributed by atoms with Gasteiger partial charge in [0.25, 0.3) is 5.91 Å². The number of aromatic nitrogens is 1. The minimum Gasteiger partial charge on any atom is -0.473 e. The normalized spacial score (nSPS) is 19.0. The highest BCUT2D eigenvalue weighted by molar-refractivity contribution is 7.99. The molecule has 0 bridgehead atoms. The third-order valence-corrected chi connectivity index (χ3v) is 3.50. The fourth-order valence-corrected chi connectivity index (χ4v) is 2.61. The Kier molecular flexibility index (Phi) is 4.22. The van der Waals surface area contributed by atoms with E-state index in [1.807, 2.05) is 11.8 Å². The highest BCUT2D eigenvalue weighted by atomic mass is 32.2. The minimum absolute atomic E-state index is 0.242. The van der Waals surface area contributed by atoms with Crippen LogP contribution >= 0.6 is 11.8 Å². The first-order chi connectivity index (χ1) is 8.29. The molecule has 5 nitrogen and oxygen atoms in total. The molecule has 0 saturated carbocycles. The first kappa shape index (κ1) is 12.2. The Labute approximate surface area is 104 Å². The van der Waals surface area contributed by atoms with Gasteiger partial charge in [0.15, 0.2) is 0 Å². The molecule has 6 heteroatoms. The summed E-state index contributed by atoms with van der Waals surface area (Å²) in [7, 11) is 1.39. The molecule has 0 radical (unpaired) electrons. The lowest BCUT2D eigenvalue weighted by molar-refractivity contribution is 0.0537. The quantitative estimate of drug-likeness (QED) is 0.820. The molecule has 1 aliphatic rings. The summed E-state index contributed by atoms with van der Waals surface area (Å²) in [6, 6.07) is 3.37. The van der Waals surface area contributed by atoms with E-state index < -0.39 is 0 Å². The summed E-state index contributed by atoms with van der Waals surface area (Å²) in [6.45, 7) is 0. The van der Waals surface area contributed by atoms with Gasteiger partial charge in [-0.05, 0) is 18.2 Å². The number of amides is 1. The van der Waals surface area contributed by atoms with Crippen LogP contribution in [-0.4, -0.2) is 35.6 Å². The van der Waals surface area contributed by atoms with Crippen LogP contribution in [0.2, 0.25) is 0 Å². The number of thioether (sulfide) groups is 1. The number of rotatable bonds is 4. The lowest BCUT2D eigenvalue weighted by Crippen LogP contribution is -2.22. The van der Waals surface area contributed by atoms with Crippen molar-refractivity contribution in [2.24, 2.45) is 0 Å². The van der Waals surface area contributed by atoms with Crippen LogP contribution in [0.25, 0.3) is 0 Å². The SMILES string of the molecule is CONC(=O)c1ccc(O[C@H]2CCSC2)nc1. The Hall–Kier alpha value is -1.27. The zero-order chi connectivity index (χ0) is 12.1. The van der Waals surface area contributed by atoms with Gasteiger partial charge in [-0.15, -0.1) is 0 Å². The molecule has 1 atom stereocenters. The number of pyridine rings is 1. The number of hydrogen-bond donors (Lipinski definition) is 1. The molecule has 2 heterocycles. The molecule has 1 fully saturated rings. The highest BCUT2D eigenvalue weighted by Crippen LogP contribution is 2.21. The Bertz CT molecular complexity index is 377. The number of carbonyl (C=O) groups is 1. The first-order valence-corrected chi connectivity index (χ1v) is 6.49. The van der Waals surface area contributed by atoms with E-state index >= 15 is 0 Å². The van der Waals surface area contributed by atoms with Crippen molar-refractivity contribution in [1.29, 1.82) is 0 Å². The van der Waals surface area contributed by atoms with Crippen LogP contribution in [0.3, 0.4) is 0 Å². The van der Waals surface area contributed by atoms with Crippen molar-refractivity contribution < 1.29 is 14.4 Å². The van der Waals surface area contributed by atoms with Crippen LogP contribution in [0.5, 0.6) is 5.88 Å². The van der Waals surface area contributed by atoms with Crippen LogP contribution < -0.4 is 10.2 Å². The summed E-state index contributed by atoms with van der Waals surface area (Å²) in [5.41, 5.74) is 2.68. The Morgan fingerprint density at radius 1 is 1.59 bits per heavy atom. The van der Waals surface area contributed by atoms with Crippen LogP contribution in [0.15, 0.2) is 18.3 Å². The Balaban J connectivity index is 1.94. The van der Waals surface area contributed by atoms with E-state index in [1.165, 1.54) is 13.3 Å². The van der Waals surface area contributed by atoms with Crippen molar-refractivity contribution in [3.8, 4) is 5.88 Å². The van der Waals surface area contributed by atoms with Crippen molar-refractivity contribution in [3.63, 3.8) is 0 Å². The van der Waals surface area contributed by atoms with Crippen molar-refractivity contribution in [1.82, 2.24) is 10.5 Å². The van der Waals surface area contributed by atoms with Gasteiger partial charge in [0.05, 0.1) is 12.7 Å². The average molecular weight is 254 g/mol. The molecule has 1 saturated heterocycles. The van der Waals surface area contributed by atoms with Crippen LogP contribution in [0, 0.1) is 0 Å². The molecular weight excluding hydrogens is 240 g/mol. The zero-order valence-electron chi connectivity index (χ0n) is 9.51. The number of hydrogen-bond acceptors (Lipinski definition) is 5. The second kappa shape index (κ2) is 5.88. The monoisotopic (exact) mass is 254 g/mol. The topological polar surface area (TPSA) is 60.5 Å². The summed E-state index contributed by atoms with van der Waals surface area (Å²) in [5, 5.41) is 0. The average Bonchev–Trinajstić information content (AvgIpc) is 2.83. The number of nitrogens with zero attached hydrogens (tertiary/aromatic N) is 1. The molecule has 1 aliphatic heterocycles. The maximum Gasteiger partial charge on any atom is 0.276 e. The second-order valence-electron chi connectivity index (χ2n) is 3.62. The van der Waals surface area contributed by atoms with Crippen LogP contribution in [-0.2, 0) is 4.84 Å². The molecule has 0 aromatic carbocycles. The highest BCUT2D eigenvalue weighted by Gasteiger charge is 2.17. The maximum absolute atomic E-state index is 11.4. The Morgan fingerprint density at radius 2 is 2.47 bits per heavy atom. The van der Waals surface area contributed by atoms with Gasteiger partial charge in [-0.2, -0.15) is 11.8 Å². The van der Waals surface area contributed by atoms with E-state index in [-0.39, 0.29) is 12.0 Å². The van der Waals surface area contributed by atoms with Crippen LogP contribution in [0.1, 0.15) is 16.8 Å². The number of ether oxygens (including phenoxy) is 1. The van der Waals surface area contributed by atoms with Gasteiger partial charge in [0.1, 0.15) is 6.10 Å². The fourth-order valence-electron chi connectivity index (χ4n) is 1.51. The van der Waals surface area contributed by atoms with Gasteiger partial charge in [0.2, 0.25) is 5.88 Å². The molecule has 0 aliphatic carbocycles. The van der Waals surface area contributed by atoms with E-state index in [1.54, 1.807) is 12.1 Å². The summed E-state index contributed by atoms with van der Waals surface area (Å²) < 4.78 is 5.68. The molecule has 2 rings (SSSR count). The van der Waals surface area contributed by atoms with E-state index in [9.17, 15) is 4.79 Å². The molecule has 0 spiro atoms. The fraction of sp³-hybridized carbons (Fsp3) is 0.455. The summed E-state index contributed by atoms with van der Waals surface area (Å²) in [4.78, 5) is 20.0. The molecule has 1 aromatic heterocycles. The molecule has 1 amide bonds. The van der Waals surface area contributed by atoms with E-state index in [2.05, 4.69) is 15.3 Å². The van der Waals surface area contributed by atoms with Crippen molar-refractivity contribution in [2.75, 3.05) is 18.6 Å². The third kappa shape index (κ3) is 3.34. The van der Waals surface area contributed by atoms with Gasteiger partial charge < -0.3 is 4.74 Å². The van der Waals surface area contributed by atoms with Gasteiger partial charge in [-0.3, -0.25) is 9.63 Å². The second-order valence-corrected chi connectivity index (χ2v) is 4.77. The largest absolute Gasteiger partial charge is 0.473 e. The number of carbonyl (C=O) groups excluding carboxylic acids is 1. The lowest BCUT2D eigenvalue weighted by Gasteiger charge is -2.11. The third-order valence-electron chi connectivity index (χ3n) is 2.37. The first-order valence-electron chi connectivity index (χ1n) is 5.33. The van der Waals surface area contributed by atoms with Gasteiger partial charge >= 0.3 is 0 Å². The number of nitrogens with one attached hydrogen (secondary N) is 1. The smallest absolute Gasteiger partial charge is 0.276 e. The maximum atomic E-state index is 11.4. The molecular formula is C11H14N2O3S. The van der Waals surface area contributed by atoms with E-state index in [0.29, 0.717) is 11.4 Å². The Morgan fingerprint density at radius 3 is 3.06 bits per heavy atom. The molecule has 0 unspecified atom stereocenters. The standard InChI is InChI=1S/C11H14N2O3S/c1-15-13-11(14)8-2-3-10(12-6-8)16-9-4-5-17-7-9/h2-3,6,9H,4-5,7H2,1H3,(H,13,14)/t9-/m0/s1. The lowest BCUT2D eigenvalue weighted by atomic mass is 10.3. The molecule has 1 aromatic rings. The predicted molar refractivity (Wildman–Crippen MR) is 65.1 cm³/mol. The van der Waals surface area contributed by atoms with Gasteiger partial charge in [-0.1, -0.05) is 0 Å². The van der Waals surface area contributed by atoms with Gasteiger partial charge in [-0.25, -0.2) is 10.5 Å². The predicted octanol–water partition coefficient (Wildman–Crippen LogP) is 1.26. The van der Waals surface area contributed by atoms with Crippen LogP contribution in [0.4, 0.5) is 0 Å². The zero-order valence-corrected chi connectivity index (χ0v) is 10.3. The van der Waals surface area contributed by atoms with E-state index in [4.69, 9.17) is 4.74 Å². The van der Waals surface area contributed by atoms with Crippen molar-refractivity contribution >= 4 is 17.7 Å².